The lowest BCUT2D eigenvalue weighted by atomic mass is 10.2. The van der Waals surface area contributed by atoms with Crippen molar-refractivity contribution in [3.05, 3.63) is 76.7 Å². The Bertz CT molecular complexity index is 886. The number of nitro benzene ring substituents is 1. The summed E-state index contributed by atoms with van der Waals surface area (Å²) in [5.74, 6) is 0. The van der Waals surface area contributed by atoms with Gasteiger partial charge in [0.2, 0.25) is 0 Å². The summed E-state index contributed by atoms with van der Waals surface area (Å²) < 4.78 is 0.715. The van der Waals surface area contributed by atoms with E-state index >= 15 is 0 Å². The Balaban J connectivity index is 2.76. The van der Waals surface area contributed by atoms with Crippen molar-refractivity contribution in [2.75, 3.05) is 0 Å². The number of nitrogens with zero attached hydrogens (tertiary/aromatic N) is 4. The van der Waals surface area contributed by atoms with Crippen LogP contribution in [0.4, 0.5) is 17.1 Å². The molecule has 1 heterocycles. The molecule has 1 aromatic heterocycles. The Morgan fingerprint density at radius 1 is 0.913 bits per heavy atom. The van der Waals surface area contributed by atoms with E-state index in [1.165, 1.54) is 12.1 Å². The van der Waals surface area contributed by atoms with Gasteiger partial charge >= 0.3 is 11.2 Å². The van der Waals surface area contributed by atoms with Gasteiger partial charge in [-0.3, -0.25) is 39.7 Å². The summed E-state index contributed by atoms with van der Waals surface area (Å²) in [5.41, 5.74) is -3.16. The highest BCUT2D eigenvalue weighted by atomic mass is 16.6. The minimum absolute atomic E-state index is 0.0341. The Hall–Kier alpha value is -3.63. The lowest BCUT2D eigenvalue weighted by Crippen LogP contribution is -2.23. The zero-order valence-corrected chi connectivity index (χ0v) is 11.5. The summed E-state index contributed by atoms with van der Waals surface area (Å²) in [7, 11) is 0. The molecule has 2 aromatic rings. The lowest BCUT2D eigenvalue weighted by molar-refractivity contribution is -0.396. The second kappa shape index (κ2) is 5.63. The van der Waals surface area contributed by atoms with E-state index in [9.17, 15) is 35.1 Å². The third-order valence-corrected chi connectivity index (χ3v) is 3.13. The van der Waals surface area contributed by atoms with Gasteiger partial charge in [0.15, 0.2) is 0 Å². The molecule has 0 aliphatic rings. The molecule has 0 aliphatic carbocycles. The Labute approximate surface area is 126 Å². The van der Waals surface area contributed by atoms with Crippen molar-refractivity contribution in [2.45, 2.75) is 6.92 Å². The molecule has 0 saturated carbocycles. The average Bonchev–Trinajstić information content (AvgIpc) is 2.46. The van der Waals surface area contributed by atoms with E-state index in [1.807, 2.05) is 0 Å². The molecule has 0 bridgehead atoms. The molecule has 0 fully saturated rings. The molecule has 0 aliphatic heterocycles. The second-order valence-electron chi connectivity index (χ2n) is 4.45. The van der Waals surface area contributed by atoms with Gasteiger partial charge in [0, 0.05) is 17.8 Å². The van der Waals surface area contributed by atoms with Crippen LogP contribution >= 0.6 is 0 Å². The predicted molar refractivity (Wildman–Crippen MR) is 76.7 cm³/mol. The van der Waals surface area contributed by atoms with Crippen LogP contribution in [-0.4, -0.2) is 19.3 Å². The number of nitro groups is 3. The van der Waals surface area contributed by atoms with Gasteiger partial charge in [-0.05, 0) is 19.1 Å². The first-order chi connectivity index (χ1) is 10.7. The zero-order chi connectivity index (χ0) is 17.3. The summed E-state index contributed by atoms with van der Waals surface area (Å²) in [6.07, 6.45) is 0.853. The molecule has 0 amide bonds. The van der Waals surface area contributed by atoms with Gasteiger partial charge in [-0.15, -0.1) is 0 Å². The van der Waals surface area contributed by atoms with Crippen LogP contribution in [0.3, 0.4) is 0 Å². The molecule has 11 nitrogen and oxygen atoms in total. The highest BCUT2D eigenvalue weighted by Gasteiger charge is 2.28. The van der Waals surface area contributed by atoms with Crippen molar-refractivity contribution in [3.8, 4) is 5.69 Å². The van der Waals surface area contributed by atoms with E-state index in [0.29, 0.717) is 4.57 Å². The van der Waals surface area contributed by atoms with Crippen LogP contribution in [0, 0.1) is 37.3 Å². The fourth-order valence-electron chi connectivity index (χ4n) is 2.00. The number of benzene rings is 1. The van der Waals surface area contributed by atoms with Crippen molar-refractivity contribution in [1.82, 2.24) is 4.57 Å². The predicted octanol–water partition coefficient (Wildman–Crippen LogP) is 1.87. The standard InChI is InChI=1S/C12H8N4O7/c1-7-10(15(20)21)6-13(12(17)11(7)16(22)23)8-2-4-9(5-3-8)14(18)19/h2-6H,1H3. The molecule has 0 atom stereocenters. The van der Waals surface area contributed by atoms with E-state index < -0.39 is 31.7 Å². The molecule has 0 radical (unpaired) electrons. The molecule has 11 heteroatoms. The molecule has 0 saturated heterocycles. The maximum absolute atomic E-state index is 12.2. The average molecular weight is 320 g/mol. The molecule has 0 spiro atoms. The maximum atomic E-state index is 12.2. The summed E-state index contributed by atoms with van der Waals surface area (Å²) in [5, 5.41) is 32.6. The van der Waals surface area contributed by atoms with Crippen molar-refractivity contribution in [3.63, 3.8) is 0 Å². The highest BCUT2D eigenvalue weighted by Crippen LogP contribution is 2.25. The van der Waals surface area contributed by atoms with Gasteiger partial charge in [0.05, 0.1) is 21.0 Å². The van der Waals surface area contributed by atoms with Gasteiger partial charge in [0.25, 0.3) is 11.4 Å². The van der Waals surface area contributed by atoms with Crippen LogP contribution in [0.15, 0.2) is 35.3 Å². The quantitative estimate of drug-likeness (QED) is 0.615. The first kappa shape index (κ1) is 15.8. The van der Waals surface area contributed by atoms with E-state index in [1.54, 1.807) is 0 Å². The number of pyridine rings is 1. The molecule has 118 valence electrons. The van der Waals surface area contributed by atoms with E-state index in [2.05, 4.69) is 0 Å². The fourth-order valence-corrected chi connectivity index (χ4v) is 2.00. The van der Waals surface area contributed by atoms with E-state index in [4.69, 9.17) is 0 Å². The molecule has 0 N–H and O–H groups in total. The summed E-state index contributed by atoms with van der Waals surface area (Å²) in [6, 6.07) is 4.50. The van der Waals surface area contributed by atoms with Crippen molar-refractivity contribution in [2.24, 2.45) is 0 Å². The fraction of sp³-hybridized carbons (Fsp3) is 0.0833. The Morgan fingerprint density at radius 2 is 1.48 bits per heavy atom. The van der Waals surface area contributed by atoms with Crippen LogP contribution in [-0.2, 0) is 0 Å². The highest BCUT2D eigenvalue weighted by molar-refractivity contribution is 5.53. The van der Waals surface area contributed by atoms with E-state index in [0.717, 1.165) is 25.3 Å². The minimum atomic E-state index is -1.06. The molecular formula is C12H8N4O7. The molecule has 2 rings (SSSR count). The third kappa shape index (κ3) is 2.74. The molecule has 1 aromatic carbocycles. The Kier molecular flexibility index (Phi) is 3.86. The van der Waals surface area contributed by atoms with Crippen molar-refractivity contribution >= 4 is 17.1 Å². The third-order valence-electron chi connectivity index (χ3n) is 3.13. The van der Waals surface area contributed by atoms with Gasteiger partial charge < -0.3 is 0 Å². The summed E-state index contributed by atoms with van der Waals surface area (Å²) in [6.45, 7) is 1.11. The SMILES string of the molecule is Cc1c([N+](=O)[O-])cn(-c2ccc([N+](=O)[O-])cc2)c(=O)c1[N+](=O)[O-]. The van der Waals surface area contributed by atoms with Crippen LogP contribution in [0.25, 0.3) is 5.69 Å². The normalized spacial score (nSPS) is 10.3. The van der Waals surface area contributed by atoms with Gasteiger partial charge in [-0.2, -0.15) is 0 Å². The second-order valence-corrected chi connectivity index (χ2v) is 4.45. The number of rotatable bonds is 4. The Morgan fingerprint density at radius 3 is 1.91 bits per heavy atom. The van der Waals surface area contributed by atoms with Crippen molar-refractivity contribution in [1.29, 1.82) is 0 Å². The lowest BCUT2D eigenvalue weighted by Gasteiger charge is -2.07. The molecule has 23 heavy (non-hydrogen) atoms. The zero-order valence-electron chi connectivity index (χ0n) is 11.5. The molecule has 0 unspecified atom stereocenters. The van der Waals surface area contributed by atoms with Gasteiger partial charge in [0.1, 0.15) is 5.56 Å². The van der Waals surface area contributed by atoms with Gasteiger partial charge in [-0.25, -0.2) is 0 Å². The number of non-ortho nitro benzene ring substituents is 1. The van der Waals surface area contributed by atoms with Crippen molar-refractivity contribution < 1.29 is 14.8 Å². The number of hydrogen-bond acceptors (Lipinski definition) is 7. The number of aromatic nitrogens is 1. The first-order valence-corrected chi connectivity index (χ1v) is 6.04. The number of hydrogen-bond donors (Lipinski definition) is 0. The molecular weight excluding hydrogens is 312 g/mol. The summed E-state index contributed by atoms with van der Waals surface area (Å²) in [4.78, 5) is 42.3. The largest absolute Gasteiger partial charge is 0.344 e. The van der Waals surface area contributed by atoms with Crippen LogP contribution < -0.4 is 5.56 Å². The smallest absolute Gasteiger partial charge is 0.271 e. The topological polar surface area (TPSA) is 151 Å². The maximum Gasteiger partial charge on any atom is 0.344 e. The summed E-state index contributed by atoms with van der Waals surface area (Å²) >= 11 is 0. The van der Waals surface area contributed by atoms with Crippen LogP contribution in [0.5, 0.6) is 0 Å². The van der Waals surface area contributed by atoms with Crippen LogP contribution in [0.1, 0.15) is 5.56 Å². The minimum Gasteiger partial charge on any atom is -0.271 e. The monoisotopic (exact) mass is 320 g/mol. The van der Waals surface area contributed by atoms with Gasteiger partial charge in [-0.1, -0.05) is 0 Å². The first-order valence-electron chi connectivity index (χ1n) is 6.04. The van der Waals surface area contributed by atoms with Crippen LogP contribution in [0.2, 0.25) is 0 Å². The van der Waals surface area contributed by atoms with E-state index in [-0.39, 0.29) is 16.9 Å².